The number of nitrogens with zero attached hydrogens (tertiary/aromatic N) is 2. The van der Waals surface area contributed by atoms with Crippen molar-refractivity contribution in [2.45, 2.75) is 52.1 Å². The topological polar surface area (TPSA) is 6.48 Å². The second-order valence-electron chi connectivity index (χ2n) is 6.74. The molecular weight excluding hydrogens is 297 g/mol. The van der Waals surface area contributed by atoms with Crippen molar-refractivity contribution in [1.82, 2.24) is 9.80 Å². The second kappa shape index (κ2) is 7.15. The molecule has 1 atom stereocenters. The van der Waals surface area contributed by atoms with E-state index in [1.54, 1.807) is 0 Å². The Hall–Kier alpha value is 1.02. The first-order valence-electron chi connectivity index (χ1n) is 6.82. The van der Waals surface area contributed by atoms with Gasteiger partial charge in [-0.15, -0.1) is 13.1 Å². The molecule has 0 aromatic heterocycles. The van der Waals surface area contributed by atoms with Crippen LogP contribution >= 0.6 is 0 Å². The molecule has 2 nitrogen and oxygen atoms in total. The van der Waals surface area contributed by atoms with Crippen molar-refractivity contribution in [3.05, 3.63) is 13.8 Å². The van der Waals surface area contributed by atoms with Crippen LogP contribution < -0.4 is 0 Å². The first-order chi connectivity index (χ1) is 7.73. The van der Waals surface area contributed by atoms with E-state index in [-0.39, 0.29) is 38.2 Å². The van der Waals surface area contributed by atoms with Gasteiger partial charge < -0.3 is 18.7 Å². The summed E-state index contributed by atoms with van der Waals surface area (Å²) in [4.78, 5) is 4.99. The molecule has 0 N–H and O–H groups in total. The van der Waals surface area contributed by atoms with Crippen LogP contribution in [0.5, 0.6) is 0 Å². The molecule has 0 spiro atoms. The Morgan fingerprint density at radius 1 is 1.11 bits per heavy atom. The molecule has 1 radical (unpaired) electrons. The van der Waals surface area contributed by atoms with Crippen molar-refractivity contribution < 1.29 is 32.7 Å². The second-order valence-corrected chi connectivity index (χ2v) is 6.74. The molecule has 0 amide bonds. The van der Waals surface area contributed by atoms with E-state index in [0.29, 0.717) is 5.54 Å². The molecule has 1 aliphatic rings. The van der Waals surface area contributed by atoms with Gasteiger partial charge in [0.25, 0.3) is 0 Å². The van der Waals surface area contributed by atoms with Crippen molar-refractivity contribution >= 4 is 0 Å². The molecule has 105 valence electrons. The molecule has 0 aliphatic carbocycles. The van der Waals surface area contributed by atoms with Gasteiger partial charge in [0.1, 0.15) is 0 Å². The fourth-order valence-electron chi connectivity index (χ4n) is 2.89. The maximum Gasteiger partial charge on any atom is 0.0142 e. The van der Waals surface area contributed by atoms with Gasteiger partial charge in [0.2, 0.25) is 0 Å². The zero-order chi connectivity index (χ0) is 13.3. The molecule has 1 fully saturated rings. The molecule has 0 aromatic rings. The van der Waals surface area contributed by atoms with Gasteiger partial charge in [0.05, 0.1) is 0 Å². The van der Waals surface area contributed by atoms with Crippen LogP contribution in [0, 0.1) is 19.8 Å². The van der Waals surface area contributed by atoms with E-state index in [1.165, 1.54) is 19.5 Å². The fourth-order valence-corrected chi connectivity index (χ4v) is 2.89. The van der Waals surface area contributed by atoms with Crippen LogP contribution in [-0.2, 0) is 32.7 Å². The molecule has 1 rings (SSSR count). The molecule has 0 bridgehead atoms. The van der Waals surface area contributed by atoms with Crippen LogP contribution in [0.15, 0.2) is 0 Å². The van der Waals surface area contributed by atoms with Crippen molar-refractivity contribution in [1.29, 1.82) is 0 Å². The van der Waals surface area contributed by atoms with E-state index in [1.807, 2.05) is 0 Å². The summed E-state index contributed by atoms with van der Waals surface area (Å²) in [6.45, 7) is 23.8. The van der Waals surface area contributed by atoms with Gasteiger partial charge in [0, 0.05) is 50.3 Å². The maximum absolute atomic E-state index is 4.03. The van der Waals surface area contributed by atoms with Crippen LogP contribution in [0.4, 0.5) is 0 Å². The third kappa shape index (κ3) is 4.26. The molecule has 3 heteroatoms. The molecule has 0 aromatic carbocycles. The Morgan fingerprint density at radius 3 is 1.94 bits per heavy atom. The summed E-state index contributed by atoms with van der Waals surface area (Å²) in [7, 11) is 0. The van der Waals surface area contributed by atoms with Gasteiger partial charge in [0.15, 0.2) is 0 Å². The zero-order valence-electron chi connectivity index (χ0n) is 13.0. The van der Waals surface area contributed by atoms with Gasteiger partial charge >= 0.3 is 0 Å². The quantitative estimate of drug-likeness (QED) is 0.733. The first-order valence-corrected chi connectivity index (χ1v) is 6.82. The van der Waals surface area contributed by atoms with Crippen LogP contribution in [-0.4, -0.2) is 47.1 Å². The smallest absolute Gasteiger partial charge is 0.0142 e. The van der Waals surface area contributed by atoms with E-state index in [9.17, 15) is 0 Å². The van der Waals surface area contributed by atoms with Crippen LogP contribution in [0.1, 0.15) is 41.0 Å². The molecule has 1 unspecified atom stereocenters. The standard InChI is InChI=1S/C15H30N2.Y/c1-8-16(9-2)15(6,7)13-10-11-17(12-13)14(3,4)5;/h13H,1-2,8-12H2,3-7H3;/q-2;. The van der Waals surface area contributed by atoms with Crippen LogP contribution in [0.3, 0.4) is 0 Å². The molecule has 0 saturated carbocycles. The van der Waals surface area contributed by atoms with Crippen LogP contribution in [0.25, 0.3) is 0 Å². The normalized spacial score (nSPS) is 22.3. The minimum absolute atomic E-state index is 0. The Bertz CT molecular complexity index is 241. The fraction of sp³-hybridized carbons (Fsp3) is 0.867. The average Bonchev–Trinajstić information content (AvgIpc) is 2.67. The monoisotopic (exact) mass is 327 g/mol. The number of likely N-dealkylation sites (tertiary alicyclic amines) is 1. The Morgan fingerprint density at radius 2 is 1.61 bits per heavy atom. The summed E-state index contributed by atoms with van der Waals surface area (Å²) in [5.74, 6) is 0.727. The molecular formula is C15H30N2Y-2. The summed E-state index contributed by atoms with van der Waals surface area (Å²) in [5.41, 5.74) is 0.508. The predicted molar refractivity (Wildman–Crippen MR) is 75.8 cm³/mol. The molecule has 1 heterocycles. The van der Waals surface area contributed by atoms with Gasteiger partial charge in [-0.05, 0) is 53.5 Å². The summed E-state index contributed by atoms with van der Waals surface area (Å²) in [6, 6.07) is 0. The molecule has 18 heavy (non-hydrogen) atoms. The summed E-state index contributed by atoms with van der Waals surface area (Å²) >= 11 is 0. The van der Waals surface area contributed by atoms with Gasteiger partial charge in [-0.3, -0.25) is 4.90 Å². The molecule has 1 saturated heterocycles. The van der Waals surface area contributed by atoms with Gasteiger partial charge in [-0.2, -0.15) is 0 Å². The summed E-state index contributed by atoms with van der Waals surface area (Å²) < 4.78 is 0. The van der Waals surface area contributed by atoms with Gasteiger partial charge in [-0.25, -0.2) is 0 Å². The maximum atomic E-state index is 4.03. The first kappa shape index (κ1) is 19.0. The van der Waals surface area contributed by atoms with Crippen molar-refractivity contribution in [2.75, 3.05) is 26.2 Å². The van der Waals surface area contributed by atoms with Gasteiger partial charge in [-0.1, -0.05) is 0 Å². The Kier molecular flexibility index (Phi) is 7.56. The predicted octanol–water partition coefficient (Wildman–Crippen LogP) is 2.85. The summed E-state index contributed by atoms with van der Waals surface area (Å²) in [5, 5.41) is 0. The van der Waals surface area contributed by atoms with E-state index < -0.39 is 0 Å². The Labute approximate surface area is 140 Å². The van der Waals surface area contributed by atoms with E-state index in [0.717, 1.165) is 19.0 Å². The zero-order valence-corrected chi connectivity index (χ0v) is 15.8. The molecule has 1 aliphatic heterocycles. The SMILES string of the molecule is [CH2-]CN(C[CH2-])C(C)(C)C1CCN(C(C)(C)C)C1.[Y]. The minimum Gasteiger partial charge on any atom is -0.357 e. The van der Waals surface area contributed by atoms with E-state index >= 15 is 0 Å². The number of hydrogen-bond acceptors (Lipinski definition) is 2. The average molecular weight is 327 g/mol. The Balaban J connectivity index is 0.00000289. The largest absolute Gasteiger partial charge is 0.357 e. The van der Waals surface area contributed by atoms with Crippen molar-refractivity contribution in [2.24, 2.45) is 5.92 Å². The van der Waals surface area contributed by atoms with E-state index in [2.05, 4.69) is 58.3 Å². The van der Waals surface area contributed by atoms with Crippen molar-refractivity contribution in [3.63, 3.8) is 0 Å². The third-order valence-corrected chi connectivity index (χ3v) is 4.49. The van der Waals surface area contributed by atoms with Crippen LogP contribution in [0.2, 0.25) is 0 Å². The minimum atomic E-state index is 0. The van der Waals surface area contributed by atoms with Crippen molar-refractivity contribution in [3.8, 4) is 0 Å². The van der Waals surface area contributed by atoms with E-state index in [4.69, 9.17) is 0 Å². The summed E-state index contributed by atoms with van der Waals surface area (Å²) in [6.07, 6.45) is 1.29. The third-order valence-electron chi connectivity index (χ3n) is 4.49. The number of hydrogen-bond donors (Lipinski definition) is 0. The number of rotatable bonds is 4.